The topological polar surface area (TPSA) is 101 Å². The summed E-state index contributed by atoms with van der Waals surface area (Å²) >= 11 is 0. The molecule has 2 amide bonds. The predicted molar refractivity (Wildman–Crippen MR) is 101 cm³/mol. The molecule has 0 unspecified atom stereocenters. The van der Waals surface area contributed by atoms with Gasteiger partial charge in [0.2, 0.25) is 5.91 Å². The molecule has 1 aliphatic rings. The molecule has 3 N–H and O–H groups in total. The highest BCUT2D eigenvalue weighted by molar-refractivity contribution is 5.94. The van der Waals surface area contributed by atoms with Gasteiger partial charge in [-0.25, -0.2) is 9.07 Å². The van der Waals surface area contributed by atoms with Crippen molar-refractivity contribution in [2.45, 2.75) is 44.8 Å². The quantitative estimate of drug-likeness (QED) is 0.711. The summed E-state index contributed by atoms with van der Waals surface area (Å²) in [5, 5.41) is 17.1. The monoisotopic (exact) mass is 388 g/mol. The van der Waals surface area contributed by atoms with E-state index in [9.17, 15) is 14.0 Å². The molecule has 2 heterocycles. The van der Waals surface area contributed by atoms with E-state index in [4.69, 9.17) is 0 Å². The molecule has 1 aromatic carbocycles. The van der Waals surface area contributed by atoms with Gasteiger partial charge in [0.25, 0.3) is 5.91 Å². The number of hydrogen-bond donors (Lipinski definition) is 3. The van der Waals surface area contributed by atoms with Crippen LogP contribution in [0.25, 0.3) is 0 Å². The summed E-state index contributed by atoms with van der Waals surface area (Å²) < 4.78 is 15.2. The second-order valence-electron chi connectivity index (χ2n) is 7.59. The van der Waals surface area contributed by atoms with Crippen LogP contribution < -0.4 is 16.0 Å². The number of rotatable bonds is 5. The van der Waals surface area contributed by atoms with E-state index >= 15 is 0 Å². The van der Waals surface area contributed by atoms with E-state index < -0.39 is 5.54 Å². The first kappa shape index (κ1) is 19.9. The third kappa shape index (κ3) is 4.04. The van der Waals surface area contributed by atoms with Crippen molar-refractivity contribution < 1.29 is 14.0 Å². The summed E-state index contributed by atoms with van der Waals surface area (Å²) in [6.07, 6.45) is 2.40. The molecule has 3 rings (SSSR count). The van der Waals surface area contributed by atoms with Gasteiger partial charge in [0, 0.05) is 19.2 Å². The van der Waals surface area contributed by atoms with Gasteiger partial charge in [-0.1, -0.05) is 5.21 Å². The van der Waals surface area contributed by atoms with Crippen LogP contribution in [0, 0.1) is 12.7 Å². The largest absolute Gasteiger partial charge is 0.358 e. The summed E-state index contributed by atoms with van der Waals surface area (Å²) in [4.78, 5) is 24.3. The standard InChI is InChI=1S/C19H25FN6O2/c1-11-7-12(5-6-14(11)20)17(27)23-19(2,3)16-10-26(25-24-16)13-8-15(22-9-13)18(28)21-4/h5-7,10,13,15,22H,8-9H2,1-4H3,(H,21,28)(H,23,27)/t13-,15+/m1/s1. The molecule has 2 atom stereocenters. The van der Waals surface area contributed by atoms with Gasteiger partial charge in [-0.2, -0.15) is 0 Å². The van der Waals surface area contributed by atoms with Crippen LogP contribution >= 0.6 is 0 Å². The molecule has 1 fully saturated rings. The molecule has 1 saturated heterocycles. The number of nitrogens with zero attached hydrogens (tertiary/aromatic N) is 3. The fourth-order valence-corrected chi connectivity index (χ4v) is 3.24. The van der Waals surface area contributed by atoms with E-state index in [-0.39, 0.29) is 29.7 Å². The van der Waals surface area contributed by atoms with Crippen molar-refractivity contribution in [2.75, 3.05) is 13.6 Å². The highest BCUT2D eigenvalue weighted by Crippen LogP contribution is 2.23. The number of carbonyl (C=O) groups excluding carboxylic acids is 2. The maximum Gasteiger partial charge on any atom is 0.252 e. The average molecular weight is 388 g/mol. The number of hydrogen-bond acceptors (Lipinski definition) is 5. The van der Waals surface area contributed by atoms with Crippen molar-refractivity contribution in [3.63, 3.8) is 0 Å². The fraction of sp³-hybridized carbons (Fsp3) is 0.474. The lowest BCUT2D eigenvalue weighted by Crippen LogP contribution is -2.41. The minimum atomic E-state index is -0.774. The number of amides is 2. The number of halogens is 1. The van der Waals surface area contributed by atoms with E-state index in [0.29, 0.717) is 29.8 Å². The summed E-state index contributed by atoms with van der Waals surface area (Å²) in [5.41, 5.74) is 0.621. The van der Waals surface area contributed by atoms with Gasteiger partial charge < -0.3 is 16.0 Å². The van der Waals surface area contributed by atoms with Crippen LogP contribution in [0.1, 0.15) is 47.9 Å². The molecule has 0 radical (unpaired) electrons. The van der Waals surface area contributed by atoms with Gasteiger partial charge in [-0.15, -0.1) is 5.10 Å². The molecule has 2 aromatic rings. The molecule has 28 heavy (non-hydrogen) atoms. The number of nitrogens with one attached hydrogen (secondary N) is 3. The highest BCUT2D eigenvalue weighted by Gasteiger charge is 2.32. The zero-order valence-corrected chi connectivity index (χ0v) is 16.4. The predicted octanol–water partition coefficient (Wildman–Crippen LogP) is 1.04. The molecule has 150 valence electrons. The lowest BCUT2D eigenvalue weighted by Gasteiger charge is -2.24. The Bertz CT molecular complexity index is 894. The Morgan fingerprint density at radius 2 is 2.11 bits per heavy atom. The molecule has 9 heteroatoms. The average Bonchev–Trinajstić information content (AvgIpc) is 3.32. The van der Waals surface area contributed by atoms with E-state index in [1.54, 1.807) is 24.9 Å². The first-order valence-corrected chi connectivity index (χ1v) is 9.17. The summed E-state index contributed by atoms with van der Waals surface area (Å²) in [6.45, 7) is 5.89. The highest BCUT2D eigenvalue weighted by atomic mass is 19.1. The van der Waals surface area contributed by atoms with Crippen LogP contribution in [0.2, 0.25) is 0 Å². The molecule has 0 saturated carbocycles. The number of aryl methyl sites for hydroxylation is 1. The van der Waals surface area contributed by atoms with Gasteiger partial charge in [0.05, 0.1) is 23.8 Å². The number of carbonyl (C=O) groups is 2. The van der Waals surface area contributed by atoms with Crippen molar-refractivity contribution >= 4 is 11.8 Å². The third-order valence-corrected chi connectivity index (χ3v) is 5.04. The Labute approximate surface area is 162 Å². The van der Waals surface area contributed by atoms with Gasteiger partial charge in [0.15, 0.2) is 0 Å². The normalized spacial score (nSPS) is 19.5. The first-order chi connectivity index (χ1) is 13.2. The molecule has 0 aliphatic carbocycles. The van der Waals surface area contributed by atoms with Gasteiger partial charge in [-0.3, -0.25) is 9.59 Å². The Morgan fingerprint density at radius 3 is 2.79 bits per heavy atom. The van der Waals surface area contributed by atoms with Crippen LogP contribution in [0.5, 0.6) is 0 Å². The van der Waals surface area contributed by atoms with Crippen molar-refractivity contribution in [1.29, 1.82) is 0 Å². The van der Waals surface area contributed by atoms with Crippen LogP contribution in [0.3, 0.4) is 0 Å². The lowest BCUT2D eigenvalue weighted by molar-refractivity contribution is -0.122. The summed E-state index contributed by atoms with van der Waals surface area (Å²) in [6, 6.07) is 4.00. The van der Waals surface area contributed by atoms with E-state index in [1.165, 1.54) is 18.2 Å². The van der Waals surface area contributed by atoms with Crippen molar-refractivity contribution in [1.82, 2.24) is 30.9 Å². The SMILES string of the molecule is CNC(=O)[C@@H]1C[C@@H](n2cc(C(C)(C)NC(=O)c3ccc(F)c(C)c3)nn2)CN1. The van der Waals surface area contributed by atoms with Crippen LogP contribution in [0.4, 0.5) is 4.39 Å². The number of benzene rings is 1. The number of aromatic nitrogens is 3. The van der Waals surface area contributed by atoms with E-state index in [1.807, 2.05) is 13.8 Å². The Balaban J connectivity index is 1.70. The first-order valence-electron chi connectivity index (χ1n) is 9.17. The zero-order valence-electron chi connectivity index (χ0n) is 16.4. The van der Waals surface area contributed by atoms with E-state index in [2.05, 4.69) is 26.3 Å². The Morgan fingerprint density at radius 1 is 1.36 bits per heavy atom. The van der Waals surface area contributed by atoms with Crippen LogP contribution in [-0.2, 0) is 10.3 Å². The van der Waals surface area contributed by atoms with Crippen molar-refractivity contribution in [3.8, 4) is 0 Å². The third-order valence-electron chi connectivity index (χ3n) is 5.04. The maximum absolute atomic E-state index is 13.4. The van der Waals surface area contributed by atoms with Gasteiger partial charge in [-0.05, 0) is 51.0 Å². The minimum absolute atomic E-state index is 0.00907. The molecule has 1 aliphatic heterocycles. The minimum Gasteiger partial charge on any atom is -0.358 e. The second-order valence-corrected chi connectivity index (χ2v) is 7.59. The lowest BCUT2D eigenvalue weighted by atomic mass is 10.00. The molecular weight excluding hydrogens is 363 g/mol. The molecule has 0 spiro atoms. The zero-order chi connectivity index (χ0) is 20.5. The molecule has 1 aromatic heterocycles. The Hall–Kier alpha value is -2.81. The van der Waals surface area contributed by atoms with Crippen LogP contribution in [0.15, 0.2) is 24.4 Å². The van der Waals surface area contributed by atoms with Gasteiger partial charge >= 0.3 is 0 Å². The second kappa shape index (κ2) is 7.67. The van der Waals surface area contributed by atoms with Crippen LogP contribution in [-0.4, -0.2) is 46.4 Å². The smallest absolute Gasteiger partial charge is 0.252 e. The fourth-order valence-electron chi connectivity index (χ4n) is 3.24. The number of likely N-dealkylation sites (N-methyl/N-ethyl adjacent to an activating group) is 1. The van der Waals surface area contributed by atoms with E-state index in [0.717, 1.165) is 0 Å². The molecule has 8 nitrogen and oxygen atoms in total. The molecular formula is C19H25FN6O2. The summed E-state index contributed by atoms with van der Waals surface area (Å²) in [5.74, 6) is -0.714. The van der Waals surface area contributed by atoms with Crippen molar-refractivity contribution in [2.24, 2.45) is 0 Å². The Kier molecular flexibility index (Phi) is 5.46. The molecule has 0 bridgehead atoms. The van der Waals surface area contributed by atoms with Crippen molar-refractivity contribution in [3.05, 3.63) is 47.0 Å². The maximum atomic E-state index is 13.4. The summed E-state index contributed by atoms with van der Waals surface area (Å²) in [7, 11) is 1.61. The van der Waals surface area contributed by atoms with Gasteiger partial charge in [0.1, 0.15) is 11.5 Å².